The normalized spacial score (nSPS) is 19.2. The third-order valence-corrected chi connectivity index (χ3v) is 5.64. The van der Waals surface area contributed by atoms with Crippen molar-refractivity contribution in [2.75, 3.05) is 20.1 Å². The highest BCUT2D eigenvalue weighted by atomic mass is 35.5. The van der Waals surface area contributed by atoms with Crippen molar-refractivity contribution in [3.63, 3.8) is 0 Å². The Morgan fingerprint density at radius 3 is 2.62 bits per heavy atom. The van der Waals surface area contributed by atoms with Gasteiger partial charge >= 0.3 is 0 Å². The number of rotatable bonds is 4. The molecule has 1 aromatic rings. The molecule has 2 rings (SSSR count). The first-order chi connectivity index (χ1) is 9.37. The van der Waals surface area contributed by atoms with E-state index >= 15 is 0 Å². The zero-order valence-electron chi connectivity index (χ0n) is 11.8. The SMILES string of the molecule is CNC1CCN(S(=O)(=O)c2cccc([N+](=O)[O-])c2C)C1.Cl. The molecule has 0 bridgehead atoms. The van der Waals surface area contributed by atoms with E-state index in [0.717, 1.165) is 6.42 Å². The lowest BCUT2D eigenvalue weighted by molar-refractivity contribution is -0.385. The first-order valence-electron chi connectivity index (χ1n) is 6.29. The van der Waals surface area contributed by atoms with Gasteiger partial charge in [0.25, 0.3) is 5.69 Å². The maximum Gasteiger partial charge on any atom is 0.273 e. The van der Waals surface area contributed by atoms with Crippen LogP contribution in [0.3, 0.4) is 0 Å². The van der Waals surface area contributed by atoms with Gasteiger partial charge in [0, 0.05) is 30.8 Å². The van der Waals surface area contributed by atoms with Crippen LogP contribution < -0.4 is 5.32 Å². The van der Waals surface area contributed by atoms with E-state index in [9.17, 15) is 18.5 Å². The molecule has 1 N–H and O–H groups in total. The number of hydrogen-bond donors (Lipinski definition) is 1. The summed E-state index contributed by atoms with van der Waals surface area (Å²) in [5, 5.41) is 14.0. The second-order valence-electron chi connectivity index (χ2n) is 4.79. The highest BCUT2D eigenvalue weighted by Crippen LogP contribution is 2.28. The summed E-state index contributed by atoms with van der Waals surface area (Å²) >= 11 is 0. The van der Waals surface area contributed by atoms with Crippen LogP contribution in [0, 0.1) is 17.0 Å². The maximum atomic E-state index is 12.6. The number of hydrogen-bond acceptors (Lipinski definition) is 5. The van der Waals surface area contributed by atoms with Crippen molar-refractivity contribution in [3.8, 4) is 0 Å². The standard InChI is InChI=1S/C12H17N3O4S.ClH/c1-9-11(15(16)17)4-3-5-12(9)20(18,19)14-7-6-10(8-14)13-2;/h3-5,10,13H,6-8H2,1-2H3;1H. The first kappa shape index (κ1) is 17.8. The van der Waals surface area contributed by atoms with Crippen molar-refractivity contribution in [2.24, 2.45) is 0 Å². The molecule has 21 heavy (non-hydrogen) atoms. The summed E-state index contributed by atoms with van der Waals surface area (Å²) in [7, 11) is -1.89. The van der Waals surface area contributed by atoms with Gasteiger partial charge in [-0.2, -0.15) is 4.31 Å². The van der Waals surface area contributed by atoms with Crippen molar-refractivity contribution in [2.45, 2.75) is 24.3 Å². The largest absolute Gasteiger partial charge is 0.316 e. The Balaban J connectivity index is 0.00000220. The van der Waals surface area contributed by atoms with Gasteiger partial charge < -0.3 is 5.32 Å². The molecule has 1 aromatic carbocycles. The molecule has 0 aliphatic carbocycles. The second kappa shape index (κ2) is 6.69. The molecule has 0 saturated carbocycles. The predicted molar refractivity (Wildman–Crippen MR) is 81.3 cm³/mol. The smallest absolute Gasteiger partial charge is 0.273 e. The molecule has 1 unspecified atom stereocenters. The van der Waals surface area contributed by atoms with Crippen LogP contribution in [0.4, 0.5) is 5.69 Å². The van der Waals surface area contributed by atoms with Crippen LogP contribution in [0.15, 0.2) is 23.1 Å². The van der Waals surface area contributed by atoms with Crippen molar-refractivity contribution in [3.05, 3.63) is 33.9 Å². The molecule has 1 heterocycles. The first-order valence-corrected chi connectivity index (χ1v) is 7.73. The predicted octanol–water partition coefficient (Wildman–Crippen LogP) is 1.31. The van der Waals surface area contributed by atoms with Gasteiger partial charge in [-0.05, 0) is 26.5 Å². The Morgan fingerprint density at radius 2 is 2.10 bits per heavy atom. The lowest BCUT2D eigenvalue weighted by Gasteiger charge is -2.17. The lowest BCUT2D eigenvalue weighted by Crippen LogP contribution is -2.33. The molecule has 0 aromatic heterocycles. The number of sulfonamides is 1. The average molecular weight is 336 g/mol. The quantitative estimate of drug-likeness (QED) is 0.661. The molecule has 1 atom stereocenters. The minimum absolute atomic E-state index is 0. The Bertz CT molecular complexity index is 635. The molecular weight excluding hydrogens is 318 g/mol. The molecule has 0 radical (unpaired) electrons. The number of nitrogens with one attached hydrogen (secondary N) is 1. The van der Waals surface area contributed by atoms with Gasteiger partial charge in [-0.25, -0.2) is 8.42 Å². The van der Waals surface area contributed by atoms with Crippen LogP contribution in [-0.4, -0.2) is 43.8 Å². The van der Waals surface area contributed by atoms with E-state index in [1.54, 1.807) is 7.05 Å². The van der Waals surface area contributed by atoms with E-state index in [1.165, 1.54) is 29.4 Å². The highest BCUT2D eigenvalue weighted by molar-refractivity contribution is 7.89. The van der Waals surface area contributed by atoms with Crippen molar-refractivity contribution >= 4 is 28.1 Å². The molecule has 1 saturated heterocycles. The van der Waals surface area contributed by atoms with Gasteiger partial charge in [0.2, 0.25) is 10.0 Å². The fraction of sp³-hybridized carbons (Fsp3) is 0.500. The fourth-order valence-corrected chi connectivity index (χ4v) is 4.14. The minimum atomic E-state index is -3.68. The molecule has 1 fully saturated rings. The zero-order chi connectivity index (χ0) is 14.9. The van der Waals surface area contributed by atoms with Crippen molar-refractivity contribution < 1.29 is 13.3 Å². The Morgan fingerprint density at radius 1 is 1.43 bits per heavy atom. The molecule has 0 amide bonds. The summed E-state index contributed by atoms with van der Waals surface area (Å²) in [5.41, 5.74) is 0.0147. The van der Waals surface area contributed by atoms with Gasteiger partial charge in [0.1, 0.15) is 0 Å². The van der Waals surface area contributed by atoms with Gasteiger partial charge in [0.15, 0.2) is 0 Å². The van der Waals surface area contributed by atoms with Gasteiger partial charge in [0.05, 0.1) is 9.82 Å². The number of nitro groups is 1. The van der Waals surface area contributed by atoms with Crippen LogP contribution in [0.2, 0.25) is 0 Å². The lowest BCUT2D eigenvalue weighted by atomic mass is 10.2. The van der Waals surface area contributed by atoms with Crippen molar-refractivity contribution in [1.82, 2.24) is 9.62 Å². The van der Waals surface area contributed by atoms with E-state index < -0.39 is 14.9 Å². The number of likely N-dealkylation sites (N-methyl/N-ethyl adjacent to an activating group) is 1. The molecule has 118 valence electrons. The summed E-state index contributed by atoms with van der Waals surface area (Å²) in [6, 6.07) is 4.27. The number of nitrogens with zero attached hydrogens (tertiary/aromatic N) is 2. The van der Waals surface area contributed by atoms with E-state index in [-0.39, 0.29) is 34.6 Å². The average Bonchev–Trinajstić information content (AvgIpc) is 2.87. The minimum Gasteiger partial charge on any atom is -0.316 e. The van der Waals surface area contributed by atoms with Crippen LogP contribution in [0.25, 0.3) is 0 Å². The van der Waals surface area contributed by atoms with Crippen LogP contribution in [-0.2, 0) is 10.0 Å². The molecule has 1 aliphatic heterocycles. The third-order valence-electron chi connectivity index (χ3n) is 3.63. The van der Waals surface area contributed by atoms with Crippen LogP contribution >= 0.6 is 12.4 Å². The molecule has 0 spiro atoms. The van der Waals surface area contributed by atoms with E-state index in [2.05, 4.69) is 5.32 Å². The van der Waals surface area contributed by atoms with E-state index in [0.29, 0.717) is 13.1 Å². The van der Waals surface area contributed by atoms with E-state index in [1.807, 2.05) is 0 Å². The van der Waals surface area contributed by atoms with Gasteiger partial charge in [-0.15, -0.1) is 12.4 Å². The van der Waals surface area contributed by atoms with Crippen molar-refractivity contribution in [1.29, 1.82) is 0 Å². The topological polar surface area (TPSA) is 92.6 Å². The Hall–Kier alpha value is -1.22. The molecule has 1 aliphatic rings. The second-order valence-corrected chi connectivity index (χ2v) is 6.70. The Kier molecular flexibility index (Phi) is 5.68. The number of nitro benzene ring substituents is 1. The summed E-state index contributed by atoms with van der Waals surface area (Å²) in [6.07, 6.45) is 0.740. The van der Waals surface area contributed by atoms with Gasteiger partial charge in [-0.1, -0.05) is 6.07 Å². The fourth-order valence-electron chi connectivity index (χ4n) is 2.40. The number of halogens is 1. The summed E-state index contributed by atoms with van der Waals surface area (Å²) in [5.74, 6) is 0. The highest BCUT2D eigenvalue weighted by Gasteiger charge is 2.34. The maximum absolute atomic E-state index is 12.6. The van der Waals surface area contributed by atoms with E-state index in [4.69, 9.17) is 0 Å². The molecule has 7 nitrogen and oxygen atoms in total. The molecule has 9 heteroatoms. The third kappa shape index (κ3) is 3.34. The Labute approximate surface area is 129 Å². The summed E-state index contributed by atoms with van der Waals surface area (Å²) in [4.78, 5) is 10.4. The molecular formula is C12H18ClN3O4S. The monoisotopic (exact) mass is 335 g/mol. The summed E-state index contributed by atoms with van der Waals surface area (Å²) in [6.45, 7) is 2.29. The van der Waals surface area contributed by atoms with Crippen LogP contribution in [0.1, 0.15) is 12.0 Å². The van der Waals surface area contributed by atoms with Gasteiger partial charge in [-0.3, -0.25) is 10.1 Å². The zero-order valence-corrected chi connectivity index (χ0v) is 13.4. The summed E-state index contributed by atoms with van der Waals surface area (Å²) < 4.78 is 26.5. The number of benzene rings is 1. The van der Waals surface area contributed by atoms with Crippen LogP contribution in [0.5, 0.6) is 0 Å².